The molecule has 1 aromatic carbocycles. The average Bonchev–Trinajstić information content (AvgIpc) is 3.35. The molecule has 0 spiro atoms. The van der Waals surface area contributed by atoms with Crippen LogP contribution in [0.1, 0.15) is 27.7 Å². The predicted molar refractivity (Wildman–Crippen MR) is 113 cm³/mol. The molecular weight excluding hydrogens is 388 g/mol. The highest BCUT2D eigenvalue weighted by Gasteiger charge is 2.24. The monoisotopic (exact) mass is 414 g/mol. The lowest BCUT2D eigenvalue weighted by Gasteiger charge is -2.30. The van der Waals surface area contributed by atoms with Crippen LogP contribution in [0.2, 0.25) is 0 Å². The van der Waals surface area contributed by atoms with Gasteiger partial charge in [-0.15, -0.1) is 10.2 Å². The highest BCUT2D eigenvalue weighted by atomic mass is 32.2. The number of thioether (sulfide) groups is 1. The van der Waals surface area contributed by atoms with Crippen LogP contribution in [0, 0.1) is 0 Å². The Bertz CT molecular complexity index is 943. The number of hydrogen-bond donors (Lipinski definition) is 0. The molecule has 154 valence electrons. The van der Waals surface area contributed by atoms with Crippen molar-refractivity contribution in [3.8, 4) is 23.0 Å². The largest absolute Gasteiger partial charge is 0.495 e. The zero-order valence-corrected chi connectivity index (χ0v) is 18.1. The summed E-state index contributed by atoms with van der Waals surface area (Å²) in [6, 6.07) is 11.5. The Morgan fingerprint density at radius 3 is 2.48 bits per heavy atom. The van der Waals surface area contributed by atoms with E-state index in [9.17, 15) is 4.79 Å². The van der Waals surface area contributed by atoms with Crippen LogP contribution in [-0.2, 0) is 4.79 Å². The number of furan rings is 1. The second-order valence-corrected chi connectivity index (χ2v) is 8.01. The lowest BCUT2D eigenvalue weighted by molar-refractivity contribution is -0.131. The van der Waals surface area contributed by atoms with Crippen LogP contribution >= 0.6 is 11.8 Å². The summed E-state index contributed by atoms with van der Waals surface area (Å²) in [6.45, 7) is 8.09. The maximum Gasteiger partial charge on any atom is 0.233 e. The van der Waals surface area contributed by atoms with Gasteiger partial charge in [-0.3, -0.25) is 9.36 Å². The molecule has 0 aliphatic heterocycles. The molecule has 0 aliphatic carbocycles. The first-order chi connectivity index (χ1) is 13.9. The first-order valence-corrected chi connectivity index (χ1v) is 10.5. The van der Waals surface area contributed by atoms with Crippen LogP contribution in [0.5, 0.6) is 5.75 Å². The fraction of sp³-hybridized carbons (Fsp3) is 0.381. The van der Waals surface area contributed by atoms with Crippen LogP contribution in [0.15, 0.2) is 52.2 Å². The molecule has 0 radical (unpaired) electrons. The second kappa shape index (κ2) is 9.17. The minimum absolute atomic E-state index is 0.0640. The Hall–Kier alpha value is -2.74. The number of ether oxygens (including phenoxy) is 1. The smallest absolute Gasteiger partial charge is 0.233 e. The Balaban J connectivity index is 1.97. The molecule has 1 amide bonds. The number of carbonyl (C=O) groups is 1. The molecule has 7 nitrogen and oxygen atoms in total. The van der Waals surface area contributed by atoms with Gasteiger partial charge < -0.3 is 14.1 Å². The molecule has 29 heavy (non-hydrogen) atoms. The number of aromatic nitrogens is 3. The zero-order valence-electron chi connectivity index (χ0n) is 17.3. The molecule has 8 heteroatoms. The van der Waals surface area contributed by atoms with Crippen molar-refractivity contribution in [2.75, 3.05) is 12.9 Å². The van der Waals surface area contributed by atoms with Gasteiger partial charge in [0.2, 0.25) is 11.7 Å². The molecule has 3 aromatic rings. The Morgan fingerprint density at radius 1 is 1.14 bits per heavy atom. The highest BCUT2D eigenvalue weighted by molar-refractivity contribution is 7.99. The van der Waals surface area contributed by atoms with Gasteiger partial charge in [0.25, 0.3) is 0 Å². The average molecular weight is 415 g/mol. The van der Waals surface area contributed by atoms with Crippen LogP contribution < -0.4 is 4.74 Å². The number of nitrogens with zero attached hydrogens (tertiary/aromatic N) is 4. The van der Waals surface area contributed by atoms with Crippen LogP contribution in [0.25, 0.3) is 17.3 Å². The van der Waals surface area contributed by atoms with Crippen molar-refractivity contribution >= 4 is 17.7 Å². The van der Waals surface area contributed by atoms with E-state index in [0.29, 0.717) is 22.5 Å². The summed E-state index contributed by atoms with van der Waals surface area (Å²) in [5, 5.41) is 9.25. The molecule has 2 aromatic heterocycles. The minimum Gasteiger partial charge on any atom is -0.495 e. The van der Waals surface area contributed by atoms with Crippen molar-refractivity contribution in [1.82, 2.24) is 19.7 Å². The van der Waals surface area contributed by atoms with E-state index < -0.39 is 0 Å². The van der Waals surface area contributed by atoms with Crippen molar-refractivity contribution in [3.63, 3.8) is 0 Å². The SMILES string of the molecule is COc1ccccc1-n1c(SCC(=O)N(C(C)C)C(C)C)nnc1-c1ccco1. The van der Waals surface area contributed by atoms with Gasteiger partial charge in [0.1, 0.15) is 5.75 Å². The fourth-order valence-electron chi connectivity index (χ4n) is 3.33. The van der Waals surface area contributed by atoms with Gasteiger partial charge in [0, 0.05) is 12.1 Å². The molecule has 0 saturated heterocycles. The first-order valence-electron chi connectivity index (χ1n) is 9.50. The Morgan fingerprint density at radius 2 is 1.86 bits per heavy atom. The summed E-state index contributed by atoms with van der Waals surface area (Å²) in [5.74, 6) is 2.15. The topological polar surface area (TPSA) is 73.4 Å². The van der Waals surface area contributed by atoms with Gasteiger partial charge in [-0.25, -0.2) is 0 Å². The molecule has 0 unspecified atom stereocenters. The third kappa shape index (κ3) is 4.48. The third-order valence-electron chi connectivity index (χ3n) is 4.43. The second-order valence-electron chi connectivity index (χ2n) is 7.07. The van der Waals surface area contributed by atoms with Crippen molar-refractivity contribution in [3.05, 3.63) is 42.7 Å². The highest BCUT2D eigenvalue weighted by Crippen LogP contribution is 2.32. The van der Waals surface area contributed by atoms with Crippen molar-refractivity contribution in [2.45, 2.75) is 44.9 Å². The van der Waals surface area contributed by atoms with E-state index in [1.165, 1.54) is 11.8 Å². The number of benzene rings is 1. The Labute approximate surface area is 175 Å². The van der Waals surface area contributed by atoms with Gasteiger partial charge in [-0.05, 0) is 52.0 Å². The van der Waals surface area contributed by atoms with Crippen LogP contribution in [0.4, 0.5) is 0 Å². The number of carbonyl (C=O) groups excluding carboxylic acids is 1. The van der Waals surface area contributed by atoms with E-state index in [1.54, 1.807) is 19.4 Å². The van der Waals surface area contributed by atoms with Crippen LogP contribution in [-0.4, -0.2) is 50.5 Å². The molecule has 0 aliphatic rings. The number of hydrogen-bond acceptors (Lipinski definition) is 6. The van der Waals surface area contributed by atoms with E-state index in [2.05, 4.69) is 10.2 Å². The van der Waals surface area contributed by atoms with E-state index in [4.69, 9.17) is 9.15 Å². The van der Waals surface area contributed by atoms with E-state index in [-0.39, 0.29) is 23.7 Å². The van der Waals surface area contributed by atoms with Gasteiger partial charge in [0.15, 0.2) is 10.9 Å². The van der Waals surface area contributed by atoms with Gasteiger partial charge in [0.05, 0.1) is 24.8 Å². The van der Waals surface area contributed by atoms with Crippen molar-refractivity contribution < 1.29 is 13.9 Å². The normalized spacial score (nSPS) is 11.3. The predicted octanol–water partition coefficient (Wildman–Crippen LogP) is 4.27. The lowest BCUT2D eigenvalue weighted by Crippen LogP contribution is -2.43. The zero-order chi connectivity index (χ0) is 21.0. The third-order valence-corrected chi connectivity index (χ3v) is 5.34. The Kier molecular flexibility index (Phi) is 6.64. The molecule has 0 bridgehead atoms. The fourth-order valence-corrected chi connectivity index (χ4v) is 4.15. The summed E-state index contributed by atoms with van der Waals surface area (Å²) >= 11 is 1.35. The number of methoxy groups -OCH3 is 1. The number of amides is 1. The lowest BCUT2D eigenvalue weighted by atomic mass is 10.2. The summed E-state index contributed by atoms with van der Waals surface area (Å²) in [5.41, 5.74) is 0.783. The summed E-state index contributed by atoms with van der Waals surface area (Å²) in [7, 11) is 1.62. The summed E-state index contributed by atoms with van der Waals surface area (Å²) in [4.78, 5) is 14.7. The molecule has 3 rings (SSSR count). The van der Waals surface area contributed by atoms with E-state index >= 15 is 0 Å². The van der Waals surface area contributed by atoms with E-state index in [0.717, 1.165) is 5.69 Å². The molecule has 0 saturated carbocycles. The summed E-state index contributed by atoms with van der Waals surface area (Å²) in [6.07, 6.45) is 1.59. The van der Waals surface area contributed by atoms with Gasteiger partial charge in [-0.2, -0.15) is 0 Å². The first kappa shape index (κ1) is 21.0. The molecule has 0 atom stereocenters. The minimum atomic E-state index is 0.0640. The number of para-hydroxylation sites is 2. The molecule has 2 heterocycles. The van der Waals surface area contributed by atoms with Crippen molar-refractivity contribution in [2.24, 2.45) is 0 Å². The molecule has 0 fully saturated rings. The molecular formula is C21H26N4O3S. The number of rotatable bonds is 8. The van der Waals surface area contributed by atoms with Gasteiger partial charge >= 0.3 is 0 Å². The van der Waals surface area contributed by atoms with Crippen LogP contribution in [0.3, 0.4) is 0 Å². The van der Waals surface area contributed by atoms with Crippen molar-refractivity contribution in [1.29, 1.82) is 0 Å². The molecule has 0 N–H and O–H groups in total. The van der Waals surface area contributed by atoms with Gasteiger partial charge in [-0.1, -0.05) is 23.9 Å². The maximum atomic E-state index is 12.8. The van der Waals surface area contributed by atoms with E-state index in [1.807, 2.05) is 67.5 Å². The maximum absolute atomic E-state index is 12.8. The quantitative estimate of drug-likeness (QED) is 0.513. The summed E-state index contributed by atoms with van der Waals surface area (Å²) < 4.78 is 12.9. The standard InChI is InChI=1S/C21H26N4O3S/c1-14(2)24(15(3)4)19(26)13-29-21-23-22-20(18-11-8-12-28-18)25(21)16-9-6-7-10-17(16)27-5/h6-12,14-15H,13H2,1-5H3.